The van der Waals surface area contributed by atoms with Crippen molar-refractivity contribution in [2.75, 3.05) is 13.1 Å². The van der Waals surface area contributed by atoms with Gasteiger partial charge < -0.3 is 14.6 Å². The van der Waals surface area contributed by atoms with Crippen molar-refractivity contribution in [2.24, 2.45) is 0 Å². The average molecular weight is 286 g/mol. The summed E-state index contributed by atoms with van der Waals surface area (Å²) in [5.74, 6) is -0.0154. The van der Waals surface area contributed by atoms with Gasteiger partial charge in [-0.2, -0.15) is 0 Å². The summed E-state index contributed by atoms with van der Waals surface area (Å²) >= 11 is 0. The summed E-state index contributed by atoms with van der Waals surface area (Å²) < 4.78 is 5.64. The second kappa shape index (κ2) is 5.24. The predicted octanol–water partition coefficient (Wildman–Crippen LogP) is 2.09. The first-order valence-corrected chi connectivity index (χ1v) is 7.19. The molecule has 1 saturated heterocycles. The quantitative estimate of drug-likeness (QED) is 0.919. The zero-order valence-electron chi connectivity index (χ0n) is 12.2. The van der Waals surface area contributed by atoms with Gasteiger partial charge in [-0.05, 0) is 31.5 Å². The van der Waals surface area contributed by atoms with Gasteiger partial charge in [-0.25, -0.2) is 0 Å². The number of piperazine rings is 1. The van der Waals surface area contributed by atoms with Crippen LogP contribution in [0, 0.1) is 6.92 Å². The fourth-order valence-corrected chi connectivity index (χ4v) is 2.77. The van der Waals surface area contributed by atoms with Gasteiger partial charge in [-0.3, -0.25) is 9.59 Å². The molecular formula is C16H18N2O3. The van der Waals surface area contributed by atoms with Crippen molar-refractivity contribution in [1.82, 2.24) is 10.2 Å². The Morgan fingerprint density at radius 1 is 1.43 bits per heavy atom. The number of aryl methyl sites for hydroxylation is 1. The first-order chi connectivity index (χ1) is 10.1. The van der Waals surface area contributed by atoms with Crippen molar-refractivity contribution in [2.45, 2.75) is 26.3 Å². The molecule has 5 nitrogen and oxygen atoms in total. The molecule has 2 heterocycles. The van der Waals surface area contributed by atoms with Gasteiger partial charge in [0, 0.05) is 18.5 Å². The average Bonchev–Trinajstić information content (AvgIpc) is 2.89. The second-order valence-electron chi connectivity index (χ2n) is 5.37. The lowest BCUT2D eigenvalue weighted by Crippen LogP contribution is -2.56. The van der Waals surface area contributed by atoms with Crippen LogP contribution in [-0.4, -0.2) is 35.8 Å². The molecule has 2 aromatic rings. The van der Waals surface area contributed by atoms with E-state index in [4.69, 9.17) is 4.42 Å². The van der Waals surface area contributed by atoms with Gasteiger partial charge in [0.1, 0.15) is 11.6 Å². The van der Waals surface area contributed by atoms with Crippen LogP contribution < -0.4 is 5.32 Å². The van der Waals surface area contributed by atoms with Crippen LogP contribution in [0.1, 0.15) is 29.5 Å². The van der Waals surface area contributed by atoms with Crippen LogP contribution in [0.2, 0.25) is 0 Å². The Kier molecular flexibility index (Phi) is 3.41. The molecule has 3 rings (SSSR count). The summed E-state index contributed by atoms with van der Waals surface area (Å²) in [7, 11) is 0. The Morgan fingerprint density at radius 2 is 2.24 bits per heavy atom. The highest BCUT2D eigenvalue weighted by Crippen LogP contribution is 2.23. The largest absolute Gasteiger partial charge is 0.451 e. The minimum atomic E-state index is -0.416. The molecule has 5 heteroatoms. The van der Waals surface area contributed by atoms with Gasteiger partial charge >= 0.3 is 0 Å². The van der Waals surface area contributed by atoms with Crippen molar-refractivity contribution in [3.8, 4) is 0 Å². The second-order valence-corrected chi connectivity index (χ2v) is 5.37. The number of benzene rings is 1. The van der Waals surface area contributed by atoms with Crippen molar-refractivity contribution >= 4 is 22.8 Å². The molecule has 0 radical (unpaired) electrons. The van der Waals surface area contributed by atoms with E-state index in [0.717, 1.165) is 10.9 Å². The number of furan rings is 1. The number of fused-ring (bicyclic) bond motifs is 1. The summed E-state index contributed by atoms with van der Waals surface area (Å²) in [5, 5.41) is 3.70. The van der Waals surface area contributed by atoms with E-state index >= 15 is 0 Å². The van der Waals surface area contributed by atoms with Gasteiger partial charge in [0.05, 0.1) is 0 Å². The smallest absolute Gasteiger partial charge is 0.290 e. The maximum atomic E-state index is 12.6. The molecule has 1 aliphatic heterocycles. The van der Waals surface area contributed by atoms with E-state index < -0.39 is 6.04 Å². The standard InChI is InChI=1S/C16H18N2O3/c1-3-12-15(19)17-6-7-18(12)16(20)14-9-11-8-10(2)4-5-13(11)21-14/h4-5,8-9,12H,3,6-7H2,1-2H3,(H,17,19). The number of nitrogens with one attached hydrogen (secondary N) is 1. The lowest BCUT2D eigenvalue weighted by Gasteiger charge is -2.33. The molecule has 1 aromatic carbocycles. The third-order valence-corrected chi connectivity index (χ3v) is 3.86. The van der Waals surface area contributed by atoms with E-state index in [1.54, 1.807) is 11.0 Å². The highest BCUT2D eigenvalue weighted by Gasteiger charge is 2.33. The number of carbonyl (C=O) groups excluding carboxylic acids is 2. The molecule has 0 spiro atoms. The molecular weight excluding hydrogens is 268 g/mol. The monoisotopic (exact) mass is 286 g/mol. The van der Waals surface area contributed by atoms with Crippen LogP contribution >= 0.6 is 0 Å². The van der Waals surface area contributed by atoms with Crippen LogP contribution in [0.4, 0.5) is 0 Å². The summed E-state index contributed by atoms with van der Waals surface area (Å²) in [6.45, 7) is 4.90. The maximum Gasteiger partial charge on any atom is 0.290 e. The zero-order valence-corrected chi connectivity index (χ0v) is 12.2. The van der Waals surface area contributed by atoms with Crippen LogP contribution in [0.25, 0.3) is 11.0 Å². The van der Waals surface area contributed by atoms with Gasteiger partial charge in [0.25, 0.3) is 5.91 Å². The Hall–Kier alpha value is -2.30. The molecule has 1 aliphatic rings. The van der Waals surface area contributed by atoms with Gasteiger partial charge in [0.2, 0.25) is 5.91 Å². The number of rotatable bonds is 2. The number of nitrogens with zero attached hydrogens (tertiary/aromatic N) is 1. The van der Waals surface area contributed by atoms with Crippen molar-refractivity contribution in [1.29, 1.82) is 0 Å². The highest BCUT2D eigenvalue weighted by molar-refractivity contribution is 5.99. The number of carbonyl (C=O) groups is 2. The first kappa shape index (κ1) is 13.7. The third-order valence-electron chi connectivity index (χ3n) is 3.86. The normalized spacial score (nSPS) is 18.9. The Bertz CT molecular complexity index is 705. The van der Waals surface area contributed by atoms with Gasteiger partial charge in [0.15, 0.2) is 5.76 Å². The first-order valence-electron chi connectivity index (χ1n) is 7.19. The molecule has 2 amide bonds. The zero-order chi connectivity index (χ0) is 15.0. The molecule has 0 bridgehead atoms. The maximum absolute atomic E-state index is 12.6. The van der Waals surface area contributed by atoms with Crippen LogP contribution in [0.3, 0.4) is 0 Å². The Balaban J connectivity index is 1.93. The number of hydrogen-bond acceptors (Lipinski definition) is 3. The van der Waals surface area contributed by atoms with E-state index in [-0.39, 0.29) is 11.8 Å². The number of amides is 2. The van der Waals surface area contributed by atoms with Crippen LogP contribution in [-0.2, 0) is 4.79 Å². The summed E-state index contributed by atoms with van der Waals surface area (Å²) in [5.41, 5.74) is 1.81. The molecule has 21 heavy (non-hydrogen) atoms. The molecule has 0 aliphatic carbocycles. The minimum Gasteiger partial charge on any atom is -0.451 e. The topological polar surface area (TPSA) is 62.6 Å². The molecule has 1 aromatic heterocycles. The predicted molar refractivity (Wildman–Crippen MR) is 79.1 cm³/mol. The van der Waals surface area contributed by atoms with Gasteiger partial charge in [-0.1, -0.05) is 18.6 Å². The fraction of sp³-hybridized carbons (Fsp3) is 0.375. The van der Waals surface area contributed by atoms with E-state index in [1.807, 2.05) is 32.0 Å². The Labute approximate surface area is 122 Å². The molecule has 110 valence electrons. The Morgan fingerprint density at radius 3 is 3.00 bits per heavy atom. The molecule has 1 N–H and O–H groups in total. The van der Waals surface area contributed by atoms with Crippen LogP contribution in [0.15, 0.2) is 28.7 Å². The fourth-order valence-electron chi connectivity index (χ4n) is 2.77. The third kappa shape index (κ3) is 2.39. The van der Waals surface area contributed by atoms with Crippen molar-refractivity contribution in [3.05, 3.63) is 35.6 Å². The molecule has 1 fully saturated rings. The lowest BCUT2D eigenvalue weighted by molar-refractivity contribution is -0.127. The SMILES string of the molecule is CCC1C(=O)NCCN1C(=O)c1cc2cc(C)ccc2o1. The van der Waals surface area contributed by atoms with E-state index in [9.17, 15) is 9.59 Å². The van der Waals surface area contributed by atoms with Crippen molar-refractivity contribution < 1.29 is 14.0 Å². The lowest BCUT2D eigenvalue weighted by atomic mass is 10.1. The molecule has 0 saturated carbocycles. The van der Waals surface area contributed by atoms with Crippen LogP contribution in [0.5, 0.6) is 0 Å². The summed E-state index contributed by atoms with van der Waals surface area (Å²) in [6.07, 6.45) is 0.594. The molecule has 1 unspecified atom stereocenters. The summed E-state index contributed by atoms with van der Waals surface area (Å²) in [4.78, 5) is 26.1. The van der Waals surface area contributed by atoms with E-state index in [2.05, 4.69) is 5.32 Å². The van der Waals surface area contributed by atoms with Crippen molar-refractivity contribution in [3.63, 3.8) is 0 Å². The summed E-state index contributed by atoms with van der Waals surface area (Å²) in [6, 6.07) is 7.13. The number of hydrogen-bond donors (Lipinski definition) is 1. The van der Waals surface area contributed by atoms with Gasteiger partial charge in [-0.15, -0.1) is 0 Å². The minimum absolute atomic E-state index is 0.0935. The van der Waals surface area contributed by atoms with E-state index in [0.29, 0.717) is 30.9 Å². The molecule has 1 atom stereocenters. The highest BCUT2D eigenvalue weighted by atomic mass is 16.3. The van der Waals surface area contributed by atoms with E-state index in [1.165, 1.54) is 0 Å².